The number of aromatic nitrogens is 5. The fraction of sp³-hybridized carbons (Fsp3) is 0.421. The normalized spacial score (nSPS) is 11.4. The lowest BCUT2D eigenvalue weighted by molar-refractivity contribution is 0.647. The maximum atomic E-state index is 4.66. The zero-order valence-electron chi connectivity index (χ0n) is 15.1. The van der Waals surface area contributed by atoms with Crippen LogP contribution in [-0.2, 0) is 20.0 Å². The van der Waals surface area contributed by atoms with Crippen LogP contribution in [0.2, 0.25) is 0 Å². The number of nitrogens with zero attached hydrogens (tertiary/aromatic N) is 5. The summed E-state index contributed by atoms with van der Waals surface area (Å²) in [5.41, 5.74) is 6.92. The number of hydrogen-bond acceptors (Lipinski definition) is 3. The van der Waals surface area contributed by atoms with Crippen LogP contribution in [0.4, 0.5) is 0 Å². The van der Waals surface area contributed by atoms with Crippen LogP contribution in [-0.4, -0.2) is 24.8 Å². The first-order valence-corrected chi connectivity index (χ1v) is 8.50. The highest BCUT2D eigenvalue weighted by molar-refractivity contribution is 5.67. The number of aryl methyl sites for hydroxylation is 3. The minimum absolute atomic E-state index is 0.442. The maximum Gasteiger partial charge on any atom is 0.116 e. The first-order chi connectivity index (χ1) is 11.5. The maximum absolute atomic E-state index is 4.66. The van der Waals surface area contributed by atoms with E-state index >= 15 is 0 Å². The molecule has 0 radical (unpaired) electrons. The van der Waals surface area contributed by atoms with Gasteiger partial charge in [-0.1, -0.05) is 37.6 Å². The Morgan fingerprint density at radius 2 is 1.96 bits per heavy atom. The van der Waals surface area contributed by atoms with E-state index < -0.39 is 0 Å². The van der Waals surface area contributed by atoms with Crippen molar-refractivity contribution in [2.75, 3.05) is 0 Å². The molecule has 24 heavy (non-hydrogen) atoms. The van der Waals surface area contributed by atoms with Gasteiger partial charge < -0.3 is 0 Å². The van der Waals surface area contributed by atoms with E-state index in [0.717, 1.165) is 29.9 Å². The van der Waals surface area contributed by atoms with Crippen LogP contribution < -0.4 is 0 Å². The molecule has 0 N–H and O–H groups in total. The molecule has 1 aromatic carbocycles. The molecule has 126 valence electrons. The fourth-order valence-corrected chi connectivity index (χ4v) is 3.01. The van der Waals surface area contributed by atoms with Crippen molar-refractivity contribution in [3.63, 3.8) is 0 Å². The van der Waals surface area contributed by atoms with Crippen LogP contribution in [0.1, 0.15) is 49.1 Å². The quantitative estimate of drug-likeness (QED) is 0.719. The summed E-state index contributed by atoms with van der Waals surface area (Å²) in [6.07, 6.45) is 4.74. The van der Waals surface area contributed by atoms with Gasteiger partial charge in [0, 0.05) is 31.8 Å². The average molecular weight is 323 g/mol. The molecular formula is C19H25N5. The molecule has 0 fully saturated rings. The minimum atomic E-state index is 0.442. The summed E-state index contributed by atoms with van der Waals surface area (Å²) in [7, 11) is 1.88. The molecule has 3 aromatic rings. The topological polar surface area (TPSA) is 48.5 Å². The molecule has 0 atom stereocenters. The van der Waals surface area contributed by atoms with Gasteiger partial charge in [0.05, 0.1) is 11.9 Å². The van der Waals surface area contributed by atoms with Crippen molar-refractivity contribution in [3.8, 4) is 11.3 Å². The largest absolute Gasteiger partial charge is 0.273 e. The molecule has 2 aromatic heterocycles. The first-order valence-electron chi connectivity index (χ1n) is 8.50. The molecule has 0 aliphatic carbocycles. The van der Waals surface area contributed by atoms with E-state index in [4.69, 9.17) is 0 Å². The molecule has 5 nitrogen and oxygen atoms in total. The van der Waals surface area contributed by atoms with Gasteiger partial charge in [0.25, 0.3) is 0 Å². The highest BCUT2D eigenvalue weighted by Gasteiger charge is 2.18. The zero-order valence-corrected chi connectivity index (χ0v) is 15.1. The fourth-order valence-electron chi connectivity index (χ4n) is 3.01. The van der Waals surface area contributed by atoms with Gasteiger partial charge in [0.15, 0.2) is 0 Å². The molecule has 0 aliphatic heterocycles. The van der Waals surface area contributed by atoms with Gasteiger partial charge in [0.2, 0.25) is 0 Å². The standard InChI is InChI=1S/C19H25N5/c1-6-24-12-15(11-20-24)10-18-19(22-23(5)21-18)16-8-7-14(4)9-17(16)13(2)3/h7-9,11-13H,6,10H2,1-5H3. The molecule has 3 rings (SSSR count). The van der Waals surface area contributed by atoms with Crippen molar-refractivity contribution >= 4 is 0 Å². The van der Waals surface area contributed by atoms with E-state index in [1.165, 1.54) is 16.7 Å². The van der Waals surface area contributed by atoms with Crippen LogP contribution >= 0.6 is 0 Å². The Labute approximate surface area is 143 Å². The highest BCUT2D eigenvalue weighted by Crippen LogP contribution is 2.31. The summed E-state index contributed by atoms with van der Waals surface area (Å²) in [6, 6.07) is 6.58. The lowest BCUT2D eigenvalue weighted by Gasteiger charge is -2.13. The molecule has 2 heterocycles. The van der Waals surface area contributed by atoms with Gasteiger partial charge in [-0.3, -0.25) is 4.68 Å². The van der Waals surface area contributed by atoms with E-state index in [1.807, 2.05) is 17.9 Å². The smallest absolute Gasteiger partial charge is 0.116 e. The van der Waals surface area contributed by atoms with Crippen molar-refractivity contribution < 1.29 is 0 Å². The zero-order chi connectivity index (χ0) is 17.3. The summed E-state index contributed by atoms with van der Waals surface area (Å²) in [5.74, 6) is 0.442. The molecule has 0 aliphatic rings. The first kappa shape index (κ1) is 16.4. The van der Waals surface area contributed by atoms with Gasteiger partial charge >= 0.3 is 0 Å². The third-order valence-electron chi connectivity index (χ3n) is 4.25. The second kappa shape index (κ2) is 6.59. The highest BCUT2D eigenvalue weighted by atomic mass is 15.5. The van der Waals surface area contributed by atoms with Crippen LogP contribution in [0.15, 0.2) is 30.6 Å². The summed E-state index contributed by atoms with van der Waals surface area (Å²) < 4.78 is 1.94. The van der Waals surface area contributed by atoms with Crippen molar-refractivity contribution in [1.29, 1.82) is 0 Å². The van der Waals surface area contributed by atoms with Gasteiger partial charge in [0.1, 0.15) is 5.69 Å². The monoisotopic (exact) mass is 323 g/mol. The molecule has 0 saturated carbocycles. The van der Waals surface area contributed by atoms with E-state index in [0.29, 0.717) is 5.92 Å². The Morgan fingerprint density at radius 1 is 1.17 bits per heavy atom. The molecular weight excluding hydrogens is 298 g/mol. The van der Waals surface area contributed by atoms with Crippen molar-refractivity contribution in [2.45, 2.75) is 46.6 Å². The van der Waals surface area contributed by atoms with Crippen LogP contribution in [0, 0.1) is 6.92 Å². The van der Waals surface area contributed by atoms with Crippen LogP contribution in [0.3, 0.4) is 0 Å². The number of hydrogen-bond donors (Lipinski definition) is 0. The minimum Gasteiger partial charge on any atom is -0.273 e. The second-order valence-corrected chi connectivity index (χ2v) is 6.61. The molecule has 0 spiro atoms. The Morgan fingerprint density at radius 3 is 2.62 bits per heavy atom. The SMILES string of the molecule is CCn1cc(Cc2nn(C)nc2-c2ccc(C)cc2C(C)C)cn1. The average Bonchev–Trinajstić information content (AvgIpc) is 3.14. The van der Waals surface area contributed by atoms with Crippen LogP contribution in [0.25, 0.3) is 11.3 Å². The second-order valence-electron chi connectivity index (χ2n) is 6.61. The summed E-state index contributed by atoms with van der Waals surface area (Å²) in [6.45, 7) is 9.54. The Bertz CT molecular complexity index is 841. The molecule has 0 amide bonds. The van der Waals surface area contributed by atoms with E-state index in [1.54, 1.807) is 4.80 Å². The third-order valence-corrected chi connectivity index (χ3v) is 4.25. The van der Waals surface area contributed by atoms with Crippen LogP contribution in [0.5, 0.6) is 0 Å². The Kier molecular flexibility index (Phi) is 4.51. The van der Waals surface area contributed by atoms with E-state index in [2.05, 4.69) is 67.4 Å². The lowest BCUT2D eigenvalue weighted by atomic mass is 9.92. The van der Waals surface area contributed by atoms with Crippen molar-refractivity contribution in [1.82, 2.24) is 24.8 Å². The predicted octanol–water partition coefficient (Wildman–Crippen LogP) is 3.72. The van der Waals surface area contributed by atoms with E-state index in [-0.39, 0.29) is 0 Å². The lowest BCUT2D eigenvalue weighted by Crippen LogP contribution is -1.97. The Balaban J connectivity index is 2.03. The molecule has 0 saturated heterocycles. The van der Waals surface area contributed by atoms with Gasteiger partial charge in [-0.25, -0.2) is 0 Å². The van der Waals surface area contributed by atoms with Crippen molar-refractivity contribution in [3.05, 3.63) is 53.0 Å². The number of benzene rings is 1. The third kappa shape index (κ3) is 3.25. The predicted molar refractivity (Wildman–Crippen MR) is 96.0 cm³/mol. The van der Waals surface area contributed by atoms with E-state index in [9.17, 15) is 0 Å². The summed E-state index contributed by atoms with van der Waals surface area (Å²) in [4.78, 5) is 1.67. The Hall–Kier alpha value is -2.43. The molecule has 0 unspecified atom stereocenters. The molecule has 0 bridgehead atoms. The van der Waals surface area contributed by atoms with Gasteiger partial charge in [-0.15, -0.1) is 0 Å². The van der Waals surface area contributed by atoms with Crippen molar-refractivity contribution in [2.24, 2.45) is 7.05 Å². The number of rotatable bonds is 5. The van der Waals surface area contributed by atoms with Gasteiger partial charge in [-0.2, -0.15) is 20.1 Å². The summed E-state index contributed by atoms with van der Waals surface area (Å²) >= 11 is 0. The summed E-state index contributed by atoms with van der Waals surface area (Å²) in [5, 5.41) is 13.6. The molecule has 5 heteroatoms. The van der Waals surface area contributed by atoms with Gasteiger partial charge in [-0.05, 0) is 30.9 Å².